The number of hydrogen-bond acceptors (Lipinski definition) is 1. The molecule has 0 aliphatic carbocycles. The SMILES string of the molecule is C=C/C(N)=C(/Cl)C=C(C)C. The first kappa shape index (κ1) is 9.31. The minimum Gasteiger partial charge on any atom is -0.398 e. The van der Waals surface area contributed by atoms with Gasteiger partial charge in [0, 0.05) is 5.70 Å². The molecule has 0 atom stereocenters. The maximum atomic E-state index is 5.73. The Labute approximate surface area is 66.9 Å². The Morgan fingerprint density at radius 3 is 2.30 bits per heavy atom. The van der Waals surface area contributed by atoms with Crippen LogP contribution in [0.5, 0.6) is 0 Å². The van der Waals surface area contributed by atoms with Crippen molar-refractivity contribution in [1.29, 1.82) is 0 Å². The molecular weight excluding hydrogens is 146 g/mol. The third-order valence-electron chi connectivity index (χ3n) is 0.911. The number of halogens is 1. The van der Waals surface area contributed by atoms with Gasteiger partial charge in [0.1, 0.15) is 0 Å². The molecule has 0 saturated carbocycles. The van der Waals surface area contributed by atoms with Crippen LogP contribution in [-0.2, 0) is 0 Å². The van der Waals surface area contributed by atoms with Gasteiger partial charge < -0.3 is 5.73 Å². The van der Waals surface area contributed by atoms with E-state index < -0.39 is 0 Å². The molecule has 0 spiro atoms. The van der Waals surface area contributed by atoms with E-state index >= 15 is 0 Å². The Morgan fingerprint density at radius 1 is 1.50 bits per heavy atom. The van der Waals surface area contributed by atoms with Crippen molar-refractivity contribution in [1.82, 2.24) is 0 Å². The van der Waals surface area contributed by atoms with Gasteiger partial charge in [0.2, 0.25) is 0 Å². The van der Waals surface area contributed by atoms with E-state index in [1.165, 1.54) is 6.08 Å². The van der Waals surface area contributed by atoms with E-state index in [9.17, 15) is 0 Å². The summed E-state index contributed by atoms with van der Waals surface area (Å²) in [6.07, 6.45) is 3.33. The molecule has 0 aromatic rings. The summed E-state index contributed by atoms with van der Waals surface area (Å²) in [6, 6.07) is 0. The molecular formula is C8H12ClN. The molecule has 0 amide bonds. The van der Waals surface area contributed by atoms with Crippen LogP contribution in [0.25, 0.3) is 0 Å². The van der Waals surface area contributed by atoms with E-state index in [-0.39, 0.29) is 0 Å². The quantitative estimate of drug-likeness (QED) is 0.613. The van der Waals surface area contributed by atoms with Crippen LogP contribution >= 0.6 is 11.6 Å². The van der Waals surface area contributed by atoms with Crippen LogP contribution in [0.2, 0.25) is 0 Å². The number of allylic oxidation sites excluding steroid dienone is 4. The van der Waals surface area contributed by atoms with Crippen molar-refractivity contribution in [3.63, 3.8) is 0 Å². The second kappa shape index (κ2) is 4.18. The smallest absolute Gasteiger partial charge is 0.0634 e. The van der Waals surface area contributed by atoms with Gasteiger partial charge in [-0.1, -0.05) is 23.8 Å². The highest BCUT2D eigenvalue weighted by Gasteiger charge is 1.90. The summed E-state index contributed by atoms with van der Waals surface area (Å²) in [6.45, 7) is 7.41. The first-order valence-electron chi connectivity index (χ1n) is 3.00. The predicted octanol–water partition coefficient (Wildman–Crippen LogP) is 2.55. The van der Waals surface area contributed by atoms with Gasteiger partial charge in [-0.2, -0.15) is 0 Å². The molecule has 0 saturated heterocycles. The van der Waals surface area contributed by atoms with Gasteiger partial charge in [-0.25, -0.2) is 0 Å². The van der Waals surface area contributed by atoms with Gasteiger partial charge in [0.25, 0.3) is 0 Å². The van der Waals surface area contributed by atoms with Crippen molar-refractivity contribution in [2.75, 3.05) is 0 Å². The molecule has 0 radical (unpaired) electrons. The van der Waals surface area contributed by atoms with Gasteiger partial charge in [0.05, 0.1) is 5.03 Å². The van der Waals surface area contributed by atoms with Crippen molar-refractivity contribution in [3.05, 3.63) is 35.0 Å². The summed E-state index contributed by atoms with van der Waals surface area (Å²) in [5.41, 5.74) is 7.09. The van der Waals surface area contributed by atoms with E-state index in [1.54, 1.807) is 6.08 Å². The van der Waals surface area contributed by atoms with Crippen molar-refractivity contribution >= 4 is 11.6 Å². The second-order valence-electron chi connectivity index (χ2n) is 2.23. The lowest BCUT2D eigenvalue weighted by atomic mass is 10.3. The van der Waals surface area contributed by atoms with Crippen molar-refractivity contribution in [2.45, 2.75) is 13.8 Å². The Bertz CT molecular complexity index is 185. The lowest BCUT2D eigenvalue weighted by molar-refractivity contribution is 1.35. The fourth-order valence-electron chi connectivity index (χ4n) is 0.434. The Morgan fingerprint density at radius 2 is 2.00 bits per heavy atom. The van der Waals surface area contributed by atoms with Gasteiger partial charge in [-0.15, -0.1) is 0 Å². The van der Waals surface area contributed by atoms with Crippen LogP contribution in [0.4, 0.5) is 0 Å². The summed E-state index contributed by atoms with van der Waals surface area (Å²) in [7, 11) is 0. The molecule has 56 valence electrons. The molecule has 10 heavy (non-hydrogen) atoms. The van der Waals surface area contributed by atoms with Gasteiger partial charge in [0.15, 0.2) is 0 Å². The zero-order valence-corrected chi connectivity index (χ0v) is 7.07. The molecule has 0 aliphatic rings. The maximum absolute atomic E-state index is 5.73. The van der Waals surface area contributed by atoms with Crippen molar-refractivity contribution in [3.8, 4) is 0 Å². The van der Waals surface area contributed by atoms with E-state index in [0.717, 1.165) is 5.57 Å². The topological polar surface area (TPSA) is 26.0 Å². The average Bonchev–Trinajstić information content (AvgIpc) is 1.85. The monoisotopic (exact) mass is 157 g/mol. The zero-order valence-electron chi connectivity index (χ0n) is 6.32. The fourth-order valence-corrected chi connectivity index (χ4v) is 0.730. The molecule has 0 aliphatic heterocycles. The summed E-state index contributed by atoms with van der Waals surface area (Å²) >= 11 is 5.73. The largest absolute Gasteiger partial charge is 0.398 e. The van der Waals surface area contributed by atoms with E-state index in [4.69, 9.17) is 17.3 Å². The first-order valence-corrected chi connectivity index (χ1v) is 3.38. The highest BCUT2D eigenvalue weighted by molar-refractivity contribution is 6.31. The van der Waals surface area contributed by atoms with Crippen LogP contribution in [0.15, 0.2) is 35.0 Å². The minimum absolute atomic E-state index is 0.517. The molecule has 2 N–H and O–H groups in total. The summed E-state index contributed by atoms with van der Waals surface area (Å²) in [4.78, 5) is 0. The van der Waals surface area contributed by atoms with E-state index in [2.05, 4.69) is 6.58 Å². The normalized spacial score (nSPS) is 11.9. The molecule has 2 heteroatoms. The molecule has 0 rings (SSSR count). The standard InChI is InChI=1S/C8H12ClN/c1-4-8(10)7(9)5-6(2)3/h4-5H,1,10H2,2-3H3/b8-7-. The molecule has 1 nitrogen and oxygen atoms in total. The number of hydrogen-bond donors (Lipinski definition) is 1. The van der Waals surface area contributed by atoms with Gasteiger partial charge >= 0.3 is 0 Å². The third-order valence-corrected chi connectivity index (χ3v) is 1.24. The molecule has 0 aromatic carbocycles. The molecule has 0 fully saturated rings. The average molecular weight is 158 g/mol. The molecule has 0 bridgehead atoms. The predicted molar refractivity (Wildman–Crippen MR) is 46.7 cm³/mol. The second-order valence-corrected chi connectivity index (χ2v) is 2.64. The Balaban J connectivity index is 4.48. The van der Waals surface area contributed by atoms with Gasteiger partial charge in [-0.3, -0.25) is 0 Å². The van der Waals surface area contributed by atoms with Crippen LogP contribution < -0.4 is 5.73 Å². The lowest BCUT2D eigenvalue weighted by Gasteiger charge is -1.94. The summed E-state index contributed by atoms with van der Waals surface area (Å²) in [5, 5.41) is 0.551. The van der Waals surface area contributed by atoms with Crippen molar-refractivity contribution in [2.24, 2.45) is 5.73 Å². The van der Waals surface area contributed by atoms with Crippen LogP contribution in [0.3, 0.4) is 0 Å². The molecule has 0 heterocycles. The molecule has 0 aromatic heterocycles. The van der Waals surface area contributed by atoms with Crippen LogP contribution in [0, 0.1) is 0 Å². The van der Waals surface area contributed by atoms with Crippen LogP contribution in [0.1, 0.15) is 13.8 Å². The first-order chi connectivity index (χ1) is 4.57. The third kappa shape index (κ3) is 3.36. The lowest BCUT2D eigenvalue weighted by Crippen LogP contribution is -1.93. The number of nitrogens with two attached hydrogens (primary N) is 1. The fraction of sp³-hybridized carbons (Fsp3) is 0.250. The van der Waals surface area contributed by atoms with Crippen molar-refractivity contribution < 1.29 is 0 Å². The van der Waals surface area contributed by atoms with Gasteiger partial charge in [-0.05, 0) is 26.0 Å². The van der Waals surface area contributed by atoms with E-state index in [1.807, 2.05) is 13.8 Å². The zero-order chi connectivity index (χ0) is 8.15. The highest BCUT2D eigenvalue weighted by Crippen LogP contribution is 2.09. The minimum atomic E-state index is 0.517. The molecule has 0 unspecified atom stereocenters. The summed E-state index contributed by atoms with van der Waals surface area (Å²) < 4.78 is 0. The maximum Gasteiger partial charge on any atom is 0.0634 e. The summed E-state index contributed by atoms with van der Waals surface area (Å²) in [5.74, 6) is 0. The highest BCUT2D eigenvalue weighted by atomic mass is 35.5. The Hall–Kier alpha value is -0.690. The number of rotatable bonds is 2. The van der Waals surface area contributed by atoms with E-state index in [0.29, 0.717) is 10.7 Å². The Kier molecular flexibility index (Phi) is 3.89. The van der Waals surface area contributed by atoms with Crippen LogP contribution in [-0.4, -0.2) is 0 Å².